The molecular weight excluding hydrogens is 502 g/mol. The van der Waals surface area contributed by atoms with Gasteiger partial charge in [0.05, 0.1) is 25.0 Å². The molecule has 0 radical (unpaired) electrons. The van der Waals surface area contributed by atoms with Crippen LogP contribution in [0.5, 0.6) is 11.8 Å². The second-order valence-electron chi connectivity index (χ2n) is 8.59. The van der Waals surface area contributed by atoms with Crippen molar-refractivity contribution < 1.29 is 23.0 Å². The van der Waals surface area contributed by atoms with Gasteiger partial charge in [-0.05, 0) is 48.0 Å². The molecule has 0 spiro atoms. The minimum atomic E-state index is -1.54. The van der Waals surface area contributed by atoms with Crippen LogP contribution < -0.4 is 14.8 Å². The van der Waals surface area contributed by atoms with E-state index in [9.17, 15) is 13.6 Å². The number of benzene rings is 3. The molecule has 1 aromatic heterocycles. The van der Waals surface area contributed by atoms with Crippen LogP contribution >= 0.6 is 11.6 Å². The van der Waals surface area contributed by atoms with E-state index in [1.807, 2.05) is 24.3 Å². The van der Waals surface area contributed by atoms with Gasteiger partial charge >= 0.3 is 6.01 Å². The number of hydrogen-bond acceptors (Lipinski definition) is 5. The number of methoxy groups -OCH3 is 1. The smallest absolute Gasteiger partial charge is 0.336 e. The summed E-state index contributed by atoms with van der Waals surface area (Å²) in [6.07, 6.45) is -0.805. The van der Waals surface area contributed by atoms with Crippen molar-refractivity contribution in [3.63, 3.8) is 0 Å². The highest BCUT2D eigenvalue weighted by molar-refractivity contribution is 6.39. The molecule has 1 N–H and O–H groups in total. The van der Waals surface area contributed by atoms with Gasteiger partial charge in [-0.1, -0.05) is 30.3 Å². The Hall–Kier alpha value is -3.98. The number of nitrogens with zero attached hydrogens (tertiary/aromatic N) is 3. The number of ether oxygens (including phenoxy) is 2. The van der Waals surface area contributed by atoms with Gasteiger partial charge in [0.15, 0.2) is 10.7 Å². The van der Waals surface area contributed by atoms with E-state index in [-0.39, 0.29) is 23.8 Å². The topological polar surface area (TPSA) is 78.3 Å². The van der Waals surface area contributed by atoms with Crippen molar-refractivity contribution in [2.24, 2.45) is 0 Å². The van der Waals surface area contributed by atoms with Gasteiger partial charge in [0.1, 0.15) is 17.7 Å². The Kier molecular flexibility index (Phi) is 6.80. The van der Waals surface area contributed by atoms with E-state index >= 15 is 0 Å². The summed E-state index contributed by atoms with van der Waals surface area (Å²) in [5, 5.41) is 7.08. The number of carbonyl (C=O) groups is 1. The summed E-state index contributed by atoms with van der Waals surface area (Å²) < 4.78 is 40.6. The molecule has 4 aromatic rings. The van der Waals surface area contributed by atoms with Gasteiger partial charge in [0.2, 0.25) is 5.91 Å². The fourth-order valence-corrected chi connectivity index (χ4v) is 3.97. The van der Waals surface area contributed by atoms with Gasteiger partial charge in [0.25, 0.3) is 0 Å². The van der Waals surface area contributed by atoms with Gasteiger partial charge in [-0.2, -0.15) is 4.98 Å². The van der Waals surface area contributed by atoms with E-state index in [4.69, 9.17) is 21.1 Å². The number of nitrogens with one attached hydrogen (secondary N) is 1. The molecule has 1 heterocycles. The fourth-order valence-electron chi connectivity index (χ4n) is 3.79. The SMILES string of the molecule is COc1ccc(CCOc2nc(-c3ccccc3F)n(-c3cccc(NC(=O)[C@]4(Cl)C[C@@H]4F)c3)n2)cc1. The highest BCUT2D eigenvalue weighted by Gasteiger charge is 2.60. The Morgan fingerprint density at radius 3 is 2.62 bits per heavy atom. The number of carbonyl (C=O) groups excluding carboxylic acids is 1. The van der Waals surface area contributed by atoms with E-state index in [0.717, 1.165) is 11.3 Å². The van der Waals surface area contributed by atoms with Crippen molar-refractivity contribution in [3.05, 3.63) is 84.2 Å². The zero-order valence-corrected chi connectivity index (χ0v) is 20.6. The quantitative estimate of drug-likeness (QED) is 0.298. The number of halogens is 3. The summed E-state index contributed by atoms with van der Waals surface area (Å²) in [7, 11) is 1.61. The van der Waals surface area contributed by atoms with Crippen LogP contribution in [0.15, 0.2) is 72.8 Å². The predicted octanol–water partition coefficient (Wildman–Crippen LogP) is 5.36. The van der Waals surface area contributed by atoms with E-state index in [2.05, 4.69) is 15.4 Å². The van der Waals surface area contributed by atoms with E-state index < -0.39 is 22.8 Å². The Morgan fingerprint density at radius 1 is 1.16 bits per heavy atom. The summed E-state index contributed by atoms with van der Waals surface area (Å²) >= 11 is 6.01. The molecule has 37 heavy (non-hydrogen) atoms. The number of aromatic nitrogens is 3. The molecule has 1 saturated carbocycles. The molecule has 2 atom stereocenters. The predicted molar refractivity (Wildman–Crippen MR) is 136 cm³/mol. The van der Waals surface area contributed by atoms with Gasteiger partial charge in [-0.15, -0.1) is 16.7 Å². The molecule has 5 rings (SSSR count). The van der Waals surface area contributed by atoms with Crippen LogP contribution in [0.2, 0.25) is 0 Å². The molecule has 1 aliphatic rings. The average molecular weight is 525 g/mol. The summed E-state index contributed by atoms with van der Waals surface area (Å²) in [6, 6.07) is 20.6. The number of anilines is 1. The second-order valence-corrected chi connectivity index (χ2v) is 9.27. The number of rotatable bonds is 9. The van der Waals surface area contributed by atoms with Crippen LogP contribution in [0.25, 0.3) is 17.1 Å². The Balaban J connectivity index is 1.40. The molecule has 0 aliphatic heterocycles. The van der Waals surface area contributed by atoms with Gasteiger partial charge in [-0.25, -0.2) is 13.5 Å². The lowest BCUT2D eigenvalue weighted by atomic mass is 10.1. The highest BCUT2D eigenvalue weighted by Crippen LogP contribution is 2.46. The maximum atomic E-state index is 14.7. The number of hydrogen-bond donors (Lipinski definition) is 1. The van der Waals surface area contributed by atoms with E-state index in [1.54, 1.807) is 49.6 Å². The molecule has 1 aliphatic carbocycles. The molecule has 190 valence electrons. The van der Waals surface area contributed by atoms with Crippen LogP contribution in [0.4, 0.5) is 14.5 Å². The first-order chi connectivity index (χ1) is 17.9. The van der Waals surface area contributed by atoms with Crippen molar-refractivity contribution in [3.8, 4) is 28.8 Å². The fraction of sp³-hybridized carbons (Fsp3) is 0.222. The van der Waals surface area contributed by atoms with E-state index in [1.165, 1.54) is 10.7 Å². The van der Waals surface area contributed by atoms with Crippen LogP contribution in [-0.4, -0.2) is 45.4 Å². The molecule has 10 heteroatoms. The molecule has 0 bridgehead atoms. The van der Waals surface area contributed by atoms with Crippen molar-refractivity contribution in [2.75, 3.05) is 19.0 Å². The zero-order valence-electron chi connectivity index (χ0n) is 19.8. The average Bonchev–Trinajstić information content (AvgIpc) is 3.32. The summed E-state index contributed by atoms with van der Waals surface area (Å²) in [5.74, 6) is -0.103. The molecule has 0 unspecified atom stereocenters. The number of alkyl halides is 2. The third-order valence-electron chi connectivity index (χ3n) is 6.02. The van der Waals surface area contributed by atoms with Gasteiger partial charge in [0, 0.05) is 18.5 Å². The highest BCUT2D eigenvalue weighted by atomic mass is 35.5. The minimum absolute atomic E-state index is 0.0299. The van der Waals surface area contributed by atoms with Crippen molar-refractivity contribution in [2.45, 2.75) is 23.9 Å². The molecule has 1 amide bonds. The summed E-state index contributed by atoms with van der Waals surface area (Å²) in [4.78, 5) is 15.3. The molecule has 0 saturated heterocycles. The monoisotopic (exact) mass is 524 g/mol. The Morgan fingerprint density at radius 2 is 1.92 bits per heavy atom. The Labute approximate surface area is 217 Å². The largest absolute Gasteiger partial charge is 0.497 e. The first kappa shape index (κ1) is 24.7. The molecule has 3 aromatic carbocycles. The normalized spacial score (nSPS) is 18.3. The molecule has 7 nitrogen and oxygen atoms in total. The summed E-state index contributed by atoms with van der Waals surface area (Å²) in [6.45, 7) is 0.297. The first-order valence-electron chi connectivity index (χ1n) is 11.6. The van der Waals surface area contributed by atoms with E-state index in [0.29, 0.717) is 24.4 Å². The lowest BCUT2D eigenvalue weighted by Crippen LogP contribution is -2.27. The van der Waals surface area contributed by atoms with Crippen LogP contribution in [0, 0.1) is 5.82 Å². The zero-order chi connectivity index (χ0) is 26.0. The van der Waals surface area contributed by atoms with Crippen LogP contribution in [0.3, 0.4) is 0 Å². The molecule has 1 fully saturated rings. The first-order valence-corrected chi connectivity index (χ1v) is 12.0. The Bertz CT molecular complexity index is 1430. The third-order valence-corrected chi connectivity index (χ3v) is 6.58. The van der Waals surface area contributed by atoms with Crippen molar-refractivity contribution in [1.82, 2.24) is 14.8 Å². The lowest BCUT2D eigenvalue weighted by molar-refractivity contribution is -0.116. The molecular formula is C27H23ClF2N4O3. The standard InChI is InChI=1S/C27H23ClF2N4O3/c1-36-20-11-9-17(10-12-20)13-14-37-26-32-24(21-7-2-3-8-22(21)29)34(33-26)19-6-4-5-18(15-19)31-25(35)27(28)16-23(27)30/h2-12,15,23H,13-14,16H2,1H3,(H,31,35)/t23-,27-/m0/s1. The maximum Gasteiger partial charge on any atom is 0.336 e. The van der Waals surface area contributed by atoms with Gasteiger partial charge in [-0.3, -0.25) is 4.79 Å². The number of amides is 1. The minimum Gasteiger partial charge on any atom is -0.497 e. The lowest BCUT2D eigenvalue weighted by Gasteiger charge is -2.11. The second kappa shape index (κ2) is 10.2. The van der Waals surface area contributed by atoms with Gasteiger partial charge < -0.3 is 14.8 Å². The summed E-state index contributed by atoms with van der Waals surface area (Å²) in [5.41, 5.74) is 2.15. The maximum absolute atomic E-state index is 14.7. The van der Waals surface area contributed by atoms with Crippen LogP contribution in [0.1, 0.15) is 12.0 Å². The third kappa shape index (κ3) is 5.27. The van der Waals surface area contributed by atoms with Crippen molar-refractivity contribution in [1.29, 1.82) is 0 Å². The van der Waals surface area contributed by atoms with Crippen molar-refractivity contribution >= 4 is 23.2 Å². The van der Waals surface area contributed by atoms with Crippen LogP contribution in [-0.2, 0) is 11.2 Å².